The molecule has 0 saturated heterocycles. The summed E-state index contributed by atoms with van der Waals surface area (Å²) in [7, 11) is 0. The van der Waals surface area contributed by atoms with Gasteiger partial charge in [0.2, 0.25) is 0 Å². The second kappa shape index (κ2) is 4.42. The molecule has 0 radical (unpaired) electrons. The number of hydrogen-bond donors (Lipinski definition) is 1. The average Bonchev–Trinajstić information content (AvgIpc) is 3.24. The van der Waals surface area contributed by atoms with Gasteiger partial charge < -0.3 is 5.73 Å². The summed E-state index contributed by atoms with van der Waals surface area (Å²) >= 11 is 0. The molecule has 0 spiro atoms. The van der Waals surface area contributed by atoms with Crippen LogP contribution < -0.4 is 5.73 Å². The van der Waals surface area contributed by atoms with Crippen molar-refractivity contribution in [1.29, 1.82) is 0 Å². The van der Waals surface area contributed by atoms with Crippen LogP contribution in [0.2, 0.25) is 0 Å². The van der Waals surface area contributed by atoms with E-state index in [9.17, 15) is 8.78 Å². The monoisotopic (exact) mass is 259 g/mol. The Hall–Kier alpha value is -1.74. The Balaban J connectivity index is 2.01. The lowest BCUT2D eigenvalue weighted by molar-refractivity contribution is 0.462. The van der Waals surface area contributed by atoms with Crippen LogP contribution in [0.1, 0.15) is 30.0 Å². The molecule has 0 amide bonds. The molecule has 1 nitrogen and oxygen atoms in total. The van der Waals surface area contributed by atoms with Crippen molar-refractivity contribution >= 4 is 0 Å². The van der Waals surface area contributed by atoms with Gasteiger partial charge in [-0.25, -0.2) is 8.78 Å². The van der Waals surface area contributed by atoms with E-state index in [2.05, 4.69) is 0 Å². The van der Waals surface area contributed by atoms with Crippen molar-refractivity contribution in [2.75, 3.05) is 0 Å². The first-order valence-electron chi connectivity index (χ1n) is 6.40. The molecule has 2 N–H and O–H groups in total. The van der Waals surface area contributed by atoms with Crippen molar-refractivity contribution in [3.8, 4) is 0 Å². The minimum absolute atomic E-state index is 0.240. The molecule has 1 atom stereocenters. The largest absolute Gasteiger partial charge is 0.323 e. The second-order valence-corrected chi connectivity index (χ2v) is 5.14. The van der Waals surface area contributed by atoms with E-state index in [1.807, 2.05) is 30.3 Å². The van der Waals surface area contributed by atoms with Gasteiger partial charge in [-0.15, -0.1) is 0 Å². The Morgan fingerprint density at radius 2 is 1.63 bits per heavy atom. The molecular formula is C16H15F2N. The van der Waals surface area contributed by atoms with Crippen molar-refractivity contribution in [3.05, 3.63) is 71.3 Å². The lowest BCUT2D eigenvalue weighted by atomic mass is 9.84. The lowest BCUT2D eigenvalue weighted by Crippen LogP contribution is -2.27. The molecule has 2 aromatic carbocycles. The summed E-state index contributed by atoms with van der Waals surface area (Å²) in [6.45, 7) is 0. The maximum atomic E-state index is 13.9. The Morgan fingerprint density at radius 3 is 2.26 bits per heavy atom. The smallest absolute Gasteiger partial charge is 0.163 e. The molecule has 0 aliphatic heterocycles. The summed E-state index contributed by atoms with van der Waals surface area (Å²) in [4.78, 5) is 0. The Morgan fingerprint density at radius 1 is 0.947 bits per heavy atom. The van der Waals surface area contributed by atoms with Gasteiger partial charge >= 0.3 is 0 Å². The minimum atomic E-state index is -0.836. The van der Waals surface area contributed by atoms with Gasteiger partial charge in [0.25, 0.3) is 0 Å². The number of rotatable bonds is 3. The normalized spacial score (nSPS) is 18.1. The third kappa shape index (κ3) is 1.94. The van der Waals surface area contributed by atoms with Crippen LogP contribution in [0.5, 0.6) is 0 Å². The molecular weight excluding hydrogens is 244 g/mol. The van der Waals surface area contributed by atoms with Gasteiger partial charge in [0.05, 0.1) is 0 Å². The van der Waals surface area contributed by atoms with Gasteiger partial charge in [0.1, 0.15) is 0 Å². The SMILES string of the molecule is NC(c1cccc(F)c1F)C1(c2ccccc2)CC1. The highest BCUT2D eigenvalue weighted by Gasteiger charge is 2.50. The van der Waals surface area contributed by atoms with Gasteiger partial charge in [-0.1, -0.05) is 42.5 Å². The fraction of sp³-hybridized carbons (Fsp3) is 0.250. The van der Waals surface area contributed by atoms with Gasteiger partial charge in [-0.05, 0) is 24.5 Å². The molecule has 0 heterocycles. The third-order valence-corrected chi connectivity index (χ3v) is 4.05. The number of nitrogens with two attached hydrogens (primary N) is 1. The van der Waals surface area contributed by atoms with Crippen LogP contribution in [0.15, 0.2) is 48.5 Å². The standard InChI is InChI=1S/C16H15F2N/c17-13-8-4-7-12(14(13)18)15(19)16(9-10-16)11-5-2-1-3-6-11/h1-8,15H,9-10,19H2. The molecule has 1 fully saturated rings. The van der Waals surface area contributed by atoms with Gasteiger partial charge in [0, 0.05) is 17.0 Å². The van der Waals surface area contributed by atoms with E-state index in [1.54, 1.807) is 6.07 Å². The molecule has 98 valence electrons. The quantitative estimate of drug-likeness (QED) is 0.893. The maximum Gasteiger partial charge on any atom is 0.163 e. The number of benzene rings is 2. The Bertz CT molecular complexity index is 591. The van der Waals surface area contributed by atoms with Crippen LogP contribution in [0.3, 0.4) is 0 Å². The van der Waals surface area contributed by atoms with E-state index in [0.29, 0.717) is 0 Å². The average molecular weight is 259 g/mol. The van der Waals surface area contributed by atoms with Crippen LogP contribution in [0.25, 0.3) is 0 Å². The second-order valence-electron chi connectivity index (χ2n) is 5.14. The fourth-order valence-electron chi connectivity index (χ4n) is 2.74. The van der Waals surface area contributed by atoms with E-state index in [-0.39, 0.29) is 11.0 Å². The van der Waals surface area contributed by atoms with E-state index in [0.717, 1.165) is 24.5 Å². The Labute approximate surface area is 111 Å². The summed E-state index contributed by atoms with van der Waals surface area (Å²) in [5.74, 6) is -1.66. The minimum Gasteiger partial charge on any atom is -0.323 e. The topological polar surface area (TPSA) is 26.0 Å². The zero-order chi connectivity index (χ0) is 13.5. The molecule has 3 heteroatoms. The molecule has 0 bridgehead atoms. The Kier molecular flexibility index (Phi) is 2.86. The molecule has 1 unspecified atom stereocenters. The zero-order valence-electron chi connectivity index (χ0n) is 10.4. The van der Waals surface area contributed by atoms with Gasteiger partial charge in [-0.3, -0.25) is 0 Å². The highest BCUT2D eigenvalue weighted by molar-refractivity contribution is 5.38. The van der Waals surface area contributed by atoms with Crippen LogP contribution in [0.4, 0.5) is 8.78 Å². The van der Waals surface area contributed by atoms with Crippen LogP contribution >= 0.6 is 0 Å². The lowest BCUT2D eigenvalue weighted by Gasteiger charge is -2.24. The molecule has 1 saturated carbocycles. The predicted molar refractivity (Wildman–Crippen MR) is 70.6 cm³/mol. The van der Waals surface area contributed by atoms with Crippen molar-refractivity contribution in [3.63, 3.8) is 0 Å². The van der Waals surface area contributed by atoms with Crippen LogP contribution in [-0.4, -0.2) is 0 Å². The highest BCUT2D eigenvalue weighted by atomic mass is 19.2. The van der Waals surface area contributed by atoms with Gasteiger partial charge in [-0.2, -0.15) is 0 Å². The maximum absolute atomic E-state index is 13.9. The predicted octanol–water partition coefficient (Wildman–Crippen LogP) is 3.70. The first-order valence-corrected chi connectivity index (χ1v) is 6.40. The summed E-state index contributed by atoms with van der Waals surface area (Å²) < 4.78 is 27.2. The molecule has 3 rings (SSSR count). The number of hydrogen-bond acceptors (Lipinski definition) is 1. The zero-order valence-corrected chi connectivity index (χ0v) is 10.4. The van der Waals surface area contributed by atoms with E-state index < -0.39 is 17.7 Å². The highest BCUT2D eigenvalue weighted by Crippen LogP contribution is 2.55. The van der Waals surface area contributed by atoms with Gasteiger partial charge in [0.15, 0.2) is 11.6 Å². The fourth-order valence-corrected chi connectivity index (χ4v) is 2.74. The molecule has 1 aliphatic carbocycles. The first-order chi connectivity index (χ1) is 9.15. The molecule has 19 heavy (non-hydrogen) atoms. The van der Waals surface area contributed by atoms with Crippen molar-refractivity contribution in [2.24, 2.45) is 5.73 Å². The van der Waals surface area contributed by atoms with Crippen molar-refractivity contribution in [2.45, 2.75) is 24.3 Å². The van der Waals surface area contributed by atoms with E-state index >= 15 is 0 Å². The summed E-state index contributed by atoms with van der Waals surface area (Å²) in [6.07, 6.45) is 1.82. The van der Waals surface area contributed by atoms with Crippen LogP contribution in [0, 0.1) is 11.6 Å². The summed E-state index contributed by atoms with van der Waals surface area (Å²) in [6, 6.07) is 13.5. The summed E-state index contributed by atoms with van der Waals surface area (Å²) in [5, 5.41) is 0. The third-order valence-electron chi connectivity index (χ3n) is 4.05. The van der Waals surface area contributed by atoms with E-state index in [4.69, 9.17) is 5.73 Å². The van der Waals surface area contributed by atoms with Crippen LogP contribution in [-0.2, 0) is 5.41 Å². The molecule has 0 aromatic heterocycles. The first kappa shape index (κ1) is 12.3. The number of halogens is 2. The van der Waals surface area contributed by atoms with E-state index in [1.165, 1.54) is 6.07 Å². The molecule has 2 aromatic rings. The summed E-state index contributed by atoms with van der Waals surface area (Å²) in [5.41, 5.74) is 7.36. The molecule has 1 aliphatic rings. The van der Waals surface area contributed by atoms with Crippen molar-refractivity contribution in [1.82, 2.24) is 0 Å². The van der Waals surface area contributed by atoms with Crippen molar-refractivity contribution < 1.29 is 8.78 Å².